The number of ether oxygens (including phenoxy) is 1. The second kappa shape index (κ2) is 6.73. The maximum atomic E-state index is 10.9. The van der Waals surface area contributed by atoms with Gasteiger partial charge in [0.25, 0.3) is 0 Å². The predicted octanol–water partition coefficient (Wildman–Crippen LogP) is 2.96. The molecule has 1 saturated heterocycles. The van der Waals surface area contributed by atoms with Crippen LogP contribution in [0.15, 0.2) is 54.6 Å². The molecule has 0 radical (unpaired) electrons. The van der Waals surface area contributed by atoms with Gasteiger partial charge in [-0.25, -0.2) is 4.79 Å². The highest BCUT2D eigenvalue weighted by Crippen LogP contribution is 2.23. The van der Waals surface area contributed by atoms with Gasteiger partial charge in [-0.05, 0) is 23.3 Å². The summed E-state index contributed by atoms with van der Waals surface area (Å²) < 4.78 is 5.86. The fourth-order valence-corrected chi connectivity index (χ4v) is 2.73. The third-order valence-electron chi connectivity index (χ3n) is 3.93. The van der Waals surface area contributed by atoms with E-state index in [2.05, 4.69) is 17.0 Å². The summed E-state index contributed by atoms with van der Waals surface area (Å²) in [7, 11) is 0. The monoisotopic (exact) mass is 297 g/mol. The van der Waals surface area contributed by atoms with Crippen LogP contribution in [0, 0.1) is 0 Å². The number of benzene rings is 2. The minimum Gasteiger partial charge on any atom is -0.478 e. The molecule has 1 fully saturated rings. The van der Waals surface area contributed by atoms with Crippen molar-refractivity contribution < 1.29 is 14.6 Å². The average molecular weight is 297 g/mol. The zero-order chi connectivity index (χ0) is 15.4. The molecular formula is C18H19NO3. The van der Waals surface area contributed by atoms with E-state index in [1.165, 1.54) is 5.56 Å². The van der Waals surface area contributed by atoms with Crippen LogP contribution in [0.2, 0.25) is 0 Å². The second-order valence-corrected chi connectivity index (χ2v) is 5.51. The lowest BCUT2D eigenvalue weighted by Crippen LogP contribution is -2.37. The molecule has 114 valence electrons. The average Bonchev–Trinajstić information content (AvgIpc) is 2.56. The van der Waals surface area contributed by atoms with E-state index >= 15 is 0 Å². The molecule has 1 N–H and O–H groups in total. The molecule has 0 saturated carbocycles. The number of hydrogen-bond acceptors (Lipinski definition) is 3. The summed E-state index contributed by atoms with van der Waals surface area (Å²) in [6.45, 7) is 3.27. The van der Waals surface area contributed by atoms with Crippen molar-refractivity contribution in [3.8, 4) is 0 Å². The molecule has 1 atom stereocenters. The molecule has 1 aliphatic rings. The molecule has 2 aromatic rings. The molecule has 4 nitrogen and oxygen atoms in total. The number of nitrogens with zero attached hydrogens (tertiary/aromatic N) is 1. The molecule has 22 heavy (non-hydrogen) atoms. The zero-order valence-electron chi connectivity index (χ0n) is 12.3. The molecule has 3 rings (SSSR count). The van der Waals surface area contributed by atoms with Crippen LogP contribution in [0.25, 0.3) is 0 Å². The molecule has 1 unspecified atom stereocenters. The first-order chi connectivity index (χ1) is 10.7. The van der Waals surface area contributed by atoms with Crippen molar-refractivity contribution in [1.82, 2.24) is 4.90 Å². The van der Waals surface area contributed by atoms with Crippen molar-refractivity contribution in [2.24, 2.45) is 0 Å². The van der Waals surface area contributed by atoms with Gasteiger partial charge < -0.3 is 9.84 Å². The molecule has 4 heteroatoms. The van der Waals surface area contributed by atoms with Crippen molar-refractivity contribution in [3.63, 3.8) is 0 Å². The number of carbonyl (C=O) groups is 1. The van der Waals surface area contributed by atoms with Crippen molar-refractivity contribution in [1.29, 1.82) is 0 Å². The van der Waals surface area contributed by atoms with Crippen LogP contribution in [0.1, 0.15) is 27.6 Å². The lowest BCUT2D eigenvalue weighted by atomic mass is 10.1. The molecule has 0 amide bonds. The fourth-order valence-electron chi connectivity index (χ4n) is 2.73. The largest absolute Gasteiger partial charge is 0.478 e. The molecule has 0 spiro atoms. The minimum atomic E-state index is -0.887. The number of morpholine rings is 1. The standard InChI is InChI=1S/C18H19NO3/c20-18(21)16-8-6-14(7-9-16)12-19-10-11-22-17(13-19)15-4-2-1-3-5-15/h1-9,17H,10-13H2,(H,20,21). The summed E-state index contributed by atoms with van der Waals surface area (Å²) in [5.41, 5.74) is 2.65. The van der Waals surface area contributed by atoms with Crippen molar-refractivity contribution in [3.05, 3.63) is 71.3 Å². The number of rotatable bonds is 4. The predicted molar refractivity (Wildman–Crippen MR) is 83.8 cm³/mol. The maximum absolute atomic E-state index is 10.9. The zero-order valence-corrected chi connectivity index (χ0v) is 12.3. The van der Waals surface area contributed by atoms with Crippen molar-refractivity contribution in [2.45, 2.75) is 12.6 Å². The highest BCUT2D eigenvalue weighted by Gasteiger charge is 2.21. The smallest absolute Gasteiger partial charge is 0.335 e. The van der Waals surface area contributed by atoms with Gasteiger partial charge in [-0.3, -0.25) is 4.90 Å². The van der Waals surface area contributed by atoms with Crippen molar-refractivity contribution >= 4 is 5.97 Å². The van der Waals surface area contributed by atoms with Crippen LogP contribution in [0.5, 0.6) is 0 Å². The quantitative estimate of drug-likeness (QED) is 0.942. The first-order valence-electron chi connectivity index (χ1n) is 7.43. The Kier molecular flexibility index (Phi) is 4.51. The van der Waals surface area contributed by atoms with E-state index in [9.17, 15) is 4.79 Å². The highest BCUT2D eigenvalue weighted by molar-refractivity contribution is 5.87. The highest BCUT2D eigenvalue weighted by atomic mass is 16.5. The van der Waals surface area contributed by atoms with Gasteiger partial charge in [0.05, 0.1) is 18.3 Å². The van der Waals surface area contributed by atoms with Gasteiger partial charge in [0.1, 0.15) is 0 Å². The normalized spacial score (nSPS) is 19.0. The van der Waals surface area contributed by atoms with Gasteiger partial charge >= 0.3 is 5.97 Å². The van der Waals surface area contributed by atoms with Gasteiger partial charge in [0.15, 0.2) is 0 Å². The third-order valence-corrected chi connectivity index (χ3v) is 3.93. The SMILES string of the molecule is O=C(O)c1ccc(CN2CCOC(c3ccccc3)C2)cc1. The molecule has 0 aliphatic carbocycles. The van der Waals surface area contributed by atoms with Crippen LogP contribution in [0.4, 0.5) is 0 Å². The lowest BCUT2D eigenvalue weighted by Gasteiger charge is -2.33. The number of hydrogen-bond donors (Lipinski definition) is 1. The van der Waals surface area contributed by atoms with Gasteiger partial charge in [-0.1, -0.05) is 42.5 Å². The lowest BCUT2D eigenvalue weighted by molar-refractivity contribution is -0.0329. The van der Waals surface area contributed by atoms with E-state index in [1.54, 1.807) is 12.1 Å². The number of aromatic carboxylic acids is 1. The molecule has 0 aromatic heterocycles. The summed E-state index contributed by atoms with van der Waals surface area (Å²) in [4.78, 5) is 13.2. The Bertz CT molecular complexity index is 625. The topological polar surface area (TPSA) is 49.8 Å². The Morgan fingerprint density at radius 3 is 2.55 bits per heavy atom. The van der Waals surface area contributed by atoms with E-state index < -0.39 is 5.97 Å². The summed E-state index contributed by atoms with van der Waals surface area (Å²) in [6, 6.07) is 17.3. The maximum Gasteiger partial charge on any atom is 0.335 e. The molecule has 1 aliphatic heterocycles. The fraction of sp³-hybridized carbons (Fsp3) is 0.278. The van der Waals surface area contributed by atoms with E-state index in [0.29, 0.717) is 12.2 Å². The number of carboxylic acid groups (broad SMARTS) is 1. The van der Waals surface area contributed by atoms with Gasteiger partial charge in [-0.2, -0.15) is 0 Å². The van der Waals surface area contributed by atoms with E-state index in [-0.39, 0.29) is 6.10 Å². The number of carboxylic acids is 1. The molecule has 2 aromatic carbocycles. The first-order valence-corrected chi connectivity index (χ1v) is 7.43. The van der Waals surface area contributed by atoms with Crippen molar-refractivity contribution in [2.75, 3.05) is 19.7 Å². The summed E-state index contributed by atoms with van der Waals surface area (Å²) >= 11 is 0. The van der Waals surface area contributed by atoms with Crippen LogP contribution >= 0.6 is 0 Å². The van der Waals surface area contributed by atoms with E-state index in [0.717, 1.165) is 25.2 Å². The summed E-state index contributed by atoms with van der Waals surface area (Å²) in [5.74, 6) is -0.887. The Balaban J connectivity index is 1.64. The van der Waals surface area contributed by atoms with Gasteiger partial charge in [0, 0.05) is 19.6 Å². The summed E-state index contributed by atoms with van der Waals surface area (Å²) in [6.07, 6.45) is 0.105. The Labute approximate surface area is 130 Å². The van der Waals surface area contributed by atoms with Crippen LogP contribution < -0.4 is 0 Å². The van der Waals surface area contributed by atoms with Crippen LogP contribution in [0.3, 0.4) is 0 Å². The Morgan fingerprint density at radius 1 is 1.14 bits per heavy atom. The first kappa shape index (κ1) is 14.8. The second-order valence-electron chi connectivity index (χ2n) is 5.51. The van der Waals surface area contributed by atoms with Gasteiger partial charge in [0.2, 0.25) is 0 Å². The van der Waals surface area contributed by atoms with E-state index in [1.807, 2.05) is 30.3 Å². The third kappa shape index (κ3) is 3.53. The Hall–Kier alpha value is -2.17. The van der Waals surface area contributed by atoms with Gasteiger partial charge in [-0.15, -0.1) is 0 Å². The van der Waals surface area contributed by atoms with Crippen LogP contribution in [-0.2, 0) is 11.3 Å². The molecular weight excluding hydrogens is 278 g/mol. The molecule has 1 heterocycles. The summed E-state index contributed by atoms with van der Waals surface area (Å²) in [5, 5.41) is 8.93. The van der Waals surface area contributed by atoms with Crippen LogP contribution in [-0.4, -0.2) is 35.7 Å². The minimum absolute atomic E-state index is 0.105. The van der Waals surface area contributed by atoms with E-state index in [4.69, 9.17) is 9.84 Å². The molecule has 0 bridgehead atoms. The Morgan fingerprint density at radius 2 is 1.86 bits per heavy atom.